The van der Waals surface area contributed by atoms with E-state index >= 15 is 0 Å². The van der Waals surface area contributed by atoms with Gasteiger partial charge in [0.2, 0.25) is 0 Å². The van der Waals surface area contributed by atoms with E-state index in [1.807, 2.05) is 35.2 Å². The molecule has 1 heterocycles. The molecule has 26 heavy (non-hydrogen) atoms. The van der Waals surface area contributed by atoms with Gasteiger partial charge in [0, 0.05) is 13.1 Å². The molecule has 2 aromatic rings. The van der Waals surface area contributed by atoms with Gasteiger partial charge in [-0.3, -0.25) is 9.69 Å². The van der Waals surface area contributed by atoms with E-state index in [9.17, 15) is 19.4 Å². The number of benzene rings is 2. The fourth-order valence-electron chi connectivity index (χ4n) is 3.73. The first-order valence-corrected chi connectivity index (χ1v) is 8.83. The molecule has 1 aliphatic rings. The molecule has 1 saturated heterocycles. The molecule has 0 unspecified atom stereocenters. The molecule has 0 bridgehead atoms. The molecule has 5 heteroatoms. The summed E-state index contributed by atoms with van der Waals surface area (Å²) >= 11 is 0. The third kappa shape index (κ3) is 3.79. The lowest BCUT2D eigenvalue weighted by Gasteiger charge is -2.43. The predicted octanol–water partition coefficient (Wildman–Crippen LogP) is 3.01. The minimum Gasteiger partial charge on any atom is -0.481 e. The number of carbonyl (C=O) groups is 1. The Labute approximate surface area is 152 Å². The van der Waals surface area contributed by atoms with Gasteiger partial charge in [0.25, 0.3) is 0 Å². The Morgan fingerprint density at radius 3 is 2.58 bits per heavy atom. The van der Waals surface area contributed by atoms with Crippen molar-refractivity contribution >= 4 is 5.97 Å². The number of carboxylic acid groups (broad SMARTS) is 1. The third-order valence-electron chi connectivity index (χ3n) is 5.36. The van der Waals surface area contributed by atoms with Crippen LogP contribution in [0.1, 0.15) is 23.1 Å². The highest BCUT2D eigenvalue weighted by molar-refractivity contribution is 5.76. The van der Waals surface area contributed by atoms with E-state index in [0.29, 0.717) is 31.5 Å². The van der Waals surface area contributed by atoms with Crippen molar-refractivity contribution in [2.45, 2.75) is 32.4 Å². The molecule has 138 valence electrons. The molecule has 2 aromatic carbocycles. The number of aliphatic carboxylic acids is 1. The summed E-state index contributed by atoms with van der Waals surface area (Å²) < 4.78 is 13.4. The van der Waals surface area contributed by atoms with Gasteiger partial charge in [-0.15, -0.1) is 0 Å². The van der Waals surface area contributed by atoms with Gasteiger partial charge >= 0.3 is 5.97 Å². The number of hydrogen-bond acceptors (Lipinski definition) is 3. The number of rotatable bonds is 5. The first kappa shape index (κ1) is 18.5. The average Bonchev–Trinajstić information content (AvgIpc) is 2.61. The fraction of sp³-hybridized carbons (Fsp3) is 0.381. The minimum atomic E-state index is -1.17. The number of halogens is 1. The summed E-state index contributed by atoms with van der Waals surface area (Å²) in [5.41, 5.74) is 1.29. The SMILES string of the molecule is Cc1cc(CN2CC[C@](Cc3ccccc3)(C(=O)O)[C@@H](O)C2)ccc1F. The number of aryl methyl sites for hydroxylation is 1. The summed E-state index contributed by atoms with van der Waals surface area (Å²) in [6.45, 7) is 3.15. The highest BCUT2D eigenvalue weighted by Gasteiger charge is 2.48. The predicted molar refractivity (Wildman–Crippen MR) is 97.3 cm³/mol. The van der Waals surface area contributed by atoms with Crippen molar-refractivity contribution in [3.63, 3.8) is 0 Å². The molecule has 0 saturated carbocycles. The van der Waals surface area contributed by atoms with Crippen molar-refractivity contribution in [2.24, 2.45) is 5.41 Å². The first-order chi connectivity index (χ1) is 12.4. The number of carboxylic acids is 1. The summed E-state index contributed by atoms with van der Waals surface area (Å²) in [5, 5.41) is 20.6. The van der Waals surface area contributed by atoms with Crippen LogP contribution < -0.4 is 0 Å². The molecule has 0 aliphatic carbocycles. The summed E-state index contributed by atoms with van der Waals surface area (Å²) in [7, 11) is 0. The molecular formula is C21H24FNO3. The van der Waals surface area contributed by atoms with Crippen LogP contribution in [0.4, 0.5) is 4.39 Å². The van der Waals surface area contributed by atoms with Crippen LogP contribution in [0.2, 0.25) is 0 Å². The first-order valence-electron chi connectivity index (χ1n) is 8.83. The van der Waals surface area contributed by atoms with Gasteiger partial charge in [-0.2, -0.15) is 0 Å². The van der Waals surface area contributed by atoms with E-state index in [1.54, 1.807) is 19.1 Å². The maximum absolute atomic E-state index is 13.4. The average molecular weight is 357 g/mol. The van der Waals surface area contributed by atoms with Gasteiger partial charge in [-0.25, -0.2) is 4.39 Å². The van der Waals surface area contributed by atoms with Crippen LogP contribution in [0.25, 0.3) is 0 Å². The lowest BCUT2D eigenvalue weighted by molar-refractivity contribution is -0.163. The van der Waals surface area contributed by atoms with Gasteiger partial charge in [-0.1, -0.05) is 42.5 Å². The molecule has 0 spiro atoms. The Morgan fingerprint density at radius 2 is 1.96 bits per heavy atom. The molecular weight excluding hydrogens is 333 g/mol. The van der Waals surface area contributed by atoms with Gasteiger partial charge in [0.1, 0.15) is 11.2 Å². The highest BCUT2D eigenvalue weighted by atomic mass is 19.1. The molecule has 0 aromatic heterocycles. The van der Waals surface area contributed by atoms with Crippen molar-refractivity contribution < 1.29 is 19.4 Å². The van der Waals surface area contributed by atoms with E-state index < -0.39 is 17.5 Å². The van der Waals surface area contributed by atoms with Gasteiger partial charge < -0.3 is 10.2 Å². The van der Waals surface area contributed by atoms with Crippen LogP contribution in [0.3, 0.4) is 0 Å². The van der Waals surface area contributed by atoms with E-state index in [0.717, 1.165) is 11.1 Å². The second-order valence-corrected chi connectivity index (χ2v) is 7.21. The zero-order valence-electron chi connectivity index (χ0n) is 14.9. The number of aliphatic hydroxyl groups is 1. The number of β-amino-alcohol motifs (C(OH)–C–C–N with tert-alkyl or cyclic N) is 1. The van der Waals surface area contributed by atoms with Gasteiger partial charge in [0.15, 0.2) is 0 Å². The summed E-state index contributed by atoms with van der Waals surface area (Å²) in [6, 6.07) is 14.4. The number of likely N-dealkylation sites (tertiary alicyclic amines) is 1. The molecule has 2 N–H and O–H groups in total. The maximum atomic E-state index is 13.4. The summed E-state index contributed by atoms with van der Waals surface area (Å²) in [6.07, 6.45) is -0.276. The Balaban J connectivity index is 1.72. The molecule has 3 rings (SSSR count). The smallest absolute Gasteiger partial charge is 0.312 e. The lowest BCUT2D eigenvalue weighted by Crippen LogP contribution is -2.55. The number of aliphatic hydroxyl groups excluding tert-OH is 1. The van der Waals surface area contributed by atoms with Crippen LogP contribution >= 0.6 is 0 Å². The maximum Gasteiger partial charge on any atom is 0.312 e. The Hall–Kier alpha value is -2.24. The van der Waals surface area contributed by atoms with Crippen molar-refractivity contribution in [1.29, 1.82) is 0 Å². The van der Waals surface area contributed by atoms with Crippen LogP contribution in [0.15, 0.2) is 48.5 Å². The van der Waals surface area contributed by atoms with Gasteiger partial charge in [0.05, 0.1) is 6.10 Å². The third-order valence-corrected chi connectivity index (χ3v) is 5.36. The molecule has 1 aliphatic heterocycles. The highest BCUT2D eigenvalue weighted by Crippen LogP contribution is 2.36. The number of hydrogen-bond donors (Lipinski definition) is 2. The molecule has 4 nitrogen and oxygen atoms in total. The Bertz CT molecular complexity index is 780. The van der Waals surface area contributed by atoms with E-state index in [2.05, 4.69) is 0 Å². The van der Waals surface area contributed by atoms with Crippen LogP contribution in [0, 0.1) is 18.2 Å². The monoisotopic (exact) mass is 357 g/mol. The summed E-state index contributed by atoms with van der Waals surface area (Å²) in [5.74, 6) is -1.19. The Morgan fingerprint density at radius 1 is 1.23 bits per heavy atom. The zero-order valence-corrected chi connectivity index (χ0v) is 14.9. The zero-order chi connectivity index (χ0) is 18.7. The molecule has 1 fully saturated rings. The van der Waals surface area contributed by atoms with E-state index in [-0.39, 0.29) is 12.4 Å². The normalized spacial score (nSPS) is 23.7. The van der Waals surface area contributed by atoms with Crippen molar-refractivity contribution in [3.05, 3.63) is 71.0 Å². The van der Waals surface area contributed by atoms with Crippen molar-refractivity contribution in [2.75, 3.05) is 13.1 Å². The number of piperidine rings is 1. The summed E-state index contributed by atoms with van der Waals surface area (Å²) in [4.78, 5) is 14.0. The van der Waals surface area contributed by atoms with E-state index in [4.69, 9.17) is 0 Å². The van der Waals surface area contributed by atoms with Crippen LogP contribution in [-0.2, 0) is 17.8 Å². The fourth-order valence-corrected chi connectivity index (χ4v) is 3.73. The largest absolute Gasteiger partial charge is 0.481 e. The Kier molecular flexibility index (Phi) is 5.39. The molecule has 0 amide bonds. The van der Waals surface area contributed by atoms with Crippen molar-refractivity contribution in [1.82, 2.24) is 4.90 Å². The minimum absolute atomic E-state index is 0.236. The van der Waals surface area contributed by atoms with E-state index in [1.165, 1.54) is 6.07 Å². The number of nitrogens with zero attached hydrogens (tertiary/aromatic N) is 1. The second-order valence-electron chi connectivity index (χ2n) is 7.21. The lowest BCUT2D eigenvalue weighted by atomic mass is 9.71. The quantitative estimate of drug-likeness (QED) is 0.864. The second kappa shape index (κ2) is 7.56. The van der Waals surface area contributed by atoms with Crippen LogP contribution in [-0.4, -0.2) is 40.3 Å². The van der Waals surface area contributed by atoms with Crippen LogP contribution in [0.5, 0.6) is 0 Å². The standard InChI is InChI=1S/C21H24FNO3/c1-15-11-17(7-8-18(15)22)13-23-10-9-21(20(25)26,19(24)14-23)12-16-5-3-2-4-6-16/h2-8,11,19,24H,9-10,12-14H2,1H3,(H,25,26)/t19-,21+/m0/s1. The molecule has 2 atom stereocenters. The van der Waals surface area contributed by atoms with Gasteiger partial charge in [-0.05, 0) is 49.1 Å². The van der Waals surface area contributed by atoms with Crippen molar-refractivity contribution in [3.8, 4) is 0 Å². The topological polar surface area (TPSA) is 60.8 Å². The molecule has 0 radical (unpaired) electrons.